The molecule has 0 bridgehead atoms. The molecule has 1 N–H and O–H groups in total. The number of pyridine rings is 1. The molecule has 0 unspecified atom stereocenters. The van der Waals surface area contributed by atoms with Crippen LogP contribution in [0.5, 0.6) is 5.75 Å². The maximum atomic E-state index is 9.43. The third-order valence-corrected chi connectivity index (χ3v) is 3.06. The van der Waals surface area contributed by atoms with Crippen LogP contribution in [-0.2, 0) is 12.8 Å². The molecule has 1 aliphatic rings. The Labute approximate surface area is 82.8 Å². The molecule has 2 heterocycles. The van der Waals surface area contributed by atoms with Crippen molar-refractivity contribution in [2.45, 2.75) is 25.7 Å². The molecule has 0 atom stereocenters. The molecule has 0 fully saturated rings. The van der Waals surface area contributed by atoms with Crippen LogP contribution in [0.15, 0.2) is 24.4 Å². The molecule has 0 spiro atoms. The van der Waals surface area contributed by atoms with Gasteiger partial charge in [-0.05, 0) is 49.4 Å². The minimum Gasteiger partial charge on any atom is -0.506 e. The summed E-state index contributed by atoms with van der Waals surface area (Å²) in [5.74, 6) is 0.349. The number of nitrogens with zero attached hydrogens (tertiary/aromatic N) is 1. The first-order valence-corrected chi connectivity index (χ1v) is 5.16. The average molecular weight is 187 g/mol. The van der Waals surface area contributed by atoms with E-state index in [1.54, 1.807) is 6.07 Å². The second-order valence-corrected chi connectivity index (χ2v) is 4.01. The second-order valence-electron chi connectivity index (χ2n) is 4.01. The van der Waals surface area contributed by atoms with E-state index >= 15 is 0 Å². The Morgan fingerprint density at radius 2 is 2.00 bits per heavy atom. The summed E-state index contributed by atoms with van der Waals surface area (Å²) >= 11 is 0. The van der Waals surface area contributed by atoms with Crippen molar-refractivity contribution in [3.63, 3.8) is 0 Å². The highest BCUT2D eigenvalue weighted by Crippen LogP contribution is 2.26. The molecule has 0 saturated heterocycles. The lowest BCUT2D eigenvalue weighted by atomic mass is 9.98. The lowest BCUT2D eigenvalue weighted by Crippen LogP contribution is -2.02. The average Bonchev–Trinajstić information content (AvgIpc) is 2.56. The van der Waals surface area contributed by atoms with E-state index in [-0.39, 0.29) is 0 Å². The maximum Gasteiger partial charge on any atom is 0.132 e. The van der Waals surface area contributed by atoms with E-state index in [0.717, 1.165) is 6.42 Å². The summed E-state index contributed by atoms with van der Waals surface area (Å²) in [6, 6.07) is 5.97. The number of rotatable bonds is 0. The first-order valence-electron chi connectivity index (χ1n) is 5.16. The van der Waals surface area contributed by atoms with E-state index in [0.29, 0.717) is 5.75 Å². The molecule has 0 aliphatic heterocycles. The van der Waals surface area contributed by atoms with E-state index in [9.17, 15) is 5.11 Å². The SMILES string of the molecule is Oc1ccc2cc3c(n2c1)CCCC3. The highest BCUT2D eigenvalue weighted by Gasteiger charge is 2.13. The van der Waals surface area contributed by atoms with Crippen LogP contribution < -0.4 is 0 Å². The van der Waals surface area contributed by atoms with Crippen LogP contribution in [0.1, 0.15) is 24.1 Å². The van der Waals surface area contributed by atoms with Crippen molar-refractivity contribution in [2.75, 3.05) is 0 Å². The van der Waals surface area contributed by atoms with Crippen molar-refractivity contribution in [2.24, 2.45) is 0 Å². The molecule has 72 valence electrons. The van der Waals surface area contributed by atoms with Crippen LogP contribution >= 0.6 is 0 Å². The van der Waals surface area contributed by atoms with E-state index in [2.05, 4.69) is 10.5 Å². The number of hydrogen-bond donors (Lipinski definition) is 1. The minimum atomic E-state index is 0.349. The predicted octanol–water partition coefficient (Wildman–Crippen LogP) is 2.52. The van der Waals surface area contributed by atoms with E-state index < -0.39 is 0 Å². The molecule has 14 heavy (non-hydrogen) atoms. The molecular weight excluding hydrogens is 174 g/mol. The number of aromatic nitrogens is 1. The first kappa shape index (κ1) is 7.92. The van der Waals surface area contributed by atoms with Crippen LogP contribution in [0.25, 0.3) is 5.52 Å². The number of hydrogen-bond acceptors (Lipinski definition) is 1. The highest BCUT2D eigenvalue weighted by atomic mass is 16.3. The Morgan fingerprint density at radius 3 is 2.93 bits per heavy atom. The quantitative estimate of drug-likeness (QED) is 0.673. The fourth-order valence-electron chi connectivity index (χ4n) is 2.37. The van der Waals surface area contributed by atoms with Crippen molar-refractivity contribution < 1.29 is 5.11 Å². The lowest BCUT2D eigenvalue weighted by Gasteiger charge is -2.11. The number of aryl methyl sites for hydroxylation is 2. The van der Waals surface area contributed by atoms with Gasteiger partial charge in [0.05, 0.1) is 6.20 Å². The smallest absolute Gasteiger partial charge is 0.132 e. The molecule has 0 amide bonds. The fourth-order valence-corrected chi connectivity index (χ4v) is 2.37. The molecular formula is C12H13NO. The van der Waals surface area contributed by atoms with E-state index in [4.69, 9.17) is 0 Å². The largest absolute Gasteiger partial charge is 0.506 e. The second kappa shape index (κ2) is 2.77. The standard InChI is InChI=1S/C12H13NO/c14-11-6-5-10-7-9-3-1-2-4-12(9)13(10)8-11/h5-8,14H,1-4H2. The zero-order chi connectivity index (χ0) is 9.54. The highest BCUT2D eigenvalue weighted by molar-refractivity contribution is 5.55. The Morgan fingerprint density at radius 1 is 1.14 bits per heavy atom. The van der Waals surface area contributed by atoms with Gasteiger partial charge in [0, 0.05) is 11.2 Å². The van der Waals surface area contributed by atoms with Gasteiger partial charge < -0.3 is 9.51 Å². The lowest BCUT2D eigenvalue weighted by molar-refractivity contribution is 0.471. The summed E-state index contributed by atoms with van der Waals surface area (Å²) < 4.78 is 2.13. The zero-order valence-electron chi connectivity index (χ0n) is 8.03. The van der Waals surface area contributed by atoms with Crippen molar-refractivity contribution in [1.29, 1.82) is 0 Å². The van der Waals surface area contributed by atoms with Gasteiger partial charge in [0.1, 0.15) is 5.75 Å². The number of fused-ring (bicyclic) bond motifs is 3. The molecule has 2 aromatic heterocycles. The van der Waals surface area contributed by atoms with Crippen LogP contribution in [0, 0.1) is 0 Å². The summed E-state index contributed by atoms with van der Waals surface area (Å²) in [5.41, 5.74) is 4.05. The van der Waals surface area contributed by atoms with Crippen molar-refractivity contribution in [3.8, 4) is 5.75 Å². The van der Waals surface area contributed by atoms with Gasteiger partial charge in [-0.3, -0.25) is 0 Å². The molecule has 2 aromatic rings. The summed E-state index contributed by atoms with van der Waals surface area (Å²) in [7, 11) is 0. The number of aromatic hydroxyl groups is 1. The van der Waals surface area contributed by atoms with Crippen LogP contribution in [0.2, 0.25) is 0 Å². The van der Waals surface area contributed by atoms with Gasteiger partial charge in [0.2, 0.25) is 0 Å². The summed E-state index contributed by atoms with van der Waals surface area (Å²) in [6.45, 7) is 0. The van der Waals surface area contributed by atoms with Crippen molar-refractivity contribution >= 4 is 5.52 Å². The molecule has 1 aliphatic carbocycles. The van der Waals surface area contributed by atoms with Crippen molar-refractivity contribution in [3.05, 3.63) is 35.7 Å². The van der Waals surface area contributed by atoms with Gasteiger partial charge in [0.25, 0.3) is 0 Å². The maximum absolute atomic E-state index is 9.43. The molecule has 2 heteroatoms. The molecule has 0 aromatic carbocycles. The van der Waals surface area contributed by atoms with Crippen LogP contribution in [0.3, 0.4) is 0 Å². The van der Waals surface area contributed by atoms with Gasteiger partial charge >= 0.3 is 0 Å². The van der Waals surface area contributed by atoms with Gasteiger partial charge in [-0.1, -0.05) is 0 Å². The van der Waals surface area contributed by atoms with Gasteiger partial charge in [0.15, 0.2) is 0 Å². The zero-order valence-corrected chi connectivity index (χ0v) is 8.03. The third kappa shape index (κ3) is 1.03. The minimum absolute atomic E-state index is 0.349. The van der Waals surface area contributed by atoms with Crippen LogP contribution in [-0.4, -0.2) is 9.51 Å². The molecule has 0 saturated carbocycles. The van der Waals surface area contributed by atoms with Crippen molar-refractivity contribution in [1.82, 2.24) is 4.40 Å². The first-order chi connectivity index (χ1) is 6.84. The normalized spacial score (nSPS) is 15.7. The Balaban J connectivity index is 2.32. The third-order valence-electron chi connectivity index (χ3n) is 3.06. The van der Waals surface area contributed by atoms with Crippen LogP contribution in [0.4, 0.5) is 0 Å². The summed E-state index contributed by atoms with van der Waals surface area (Å²) in [4.78, 5) is 0. The molecule has 0 radical (unpaired) electrons. The predicted molar refractivity (Wildman–Crippen MR) is 55.7 cm³/mol. The van der Waals surface area contributed by atoms with Gasteiger partial charge in [-0.2, -0.15) is 0 Å². The summed E-state index contributed by atoms with van der Waals surface area (Å²) in [6.07, 6.45) is 6.73. The summed E-state index contributed by atoms with van der Waals surface area (Å²) in [5, 5.41) is 9.43. The topological polar surface area (TPSA) is 24.6 Å². The van der Waals surface area contributed by atoms with Gasteiger partial charge in [-0.25, -0.2) is 0 Å². The fraction of sp³-hybridized carbons (Fsp3) is 0.333. The monoisotopic (exact) mass is 187 g/mol. The van der Waals surface area contributed by atoms with Gasteiger partial charge in [-0.15, -0.1) is 0 Å². The Bertz CT molecular complexity index is 484. The van der Waals surface area contributed by atoms with E-state index in [1.807, 2.05) is 12.3 Å². The Kier molecular flexibility index (Phi) is 1.57. The molecule has 2 nitrogen and oxygen atoms in total. The molecule has 3 rings (SSSR count). The van der Waals surface area contributed by atoms with E-state index in [1.165, 1.54) is 36.0 Å². The Hall–Kier alpha value is -1.44.